The molecule has 0 bridgehead atoms. The molecule has 0 spiro atoms. The second kappa shape index (κ2) is 8.26. The van der Waals surface area contributed by atoms with Gasteiger partial charge in [-0.3, -0.25) is 19.4 Å². The van der Waals surface area contributed by atoms with Crippen LogP contribution in [0.5, 0.6) is 5.75 Å². The number of nitrogens with two attached hydrogens (primary N) is 1. The summed E-state index contributed by atoms with van der Waals surface area (Å²) in [7, 11) is -3.05. The van der Waals surface area contributed by atoms with Gasteiger partial charge in [0.2, 0.25) is 5.96 Å². The average Bonchev–Trinajstić information content (AvgIpc) is 2.27. The van der Waals surface area contributed by atoms with E-state index in [4.69, 9.17) is 38.2 Å². The molecule has 0 atom stereocenters. The SMILES string of the molecule is COc1ccc(CONC(=N)N)cc1.O=S(=O)(O)O. The number of guanidine groups is 1. The topological polar surface area (TPSA) is 155 Å². The molecule has 6 N–H and O–H groups in total. The van der Waals surface area contributed by atoms with Gasteiger partial charge >= 0.3 is 10.4 Å². The van der Waals surface area contributed by atoms with Crippen LogP contribution in [0.3, 0.4) is 0 Å². The van der Waals surface area contributed by atoms with Crippen molar-refractivity contribution in [1.29, 1.82) is 5.41 Å². The van der Waals surface area contributed by atoms with Crippen LogP contribution < -0.4 is 16.0 Å². The second-order valence-electron chi connectivity index (χ2n) is 3.10. The number of hydrogen-bond donors (Lipinski definition) is 5. The normalized spacial score (nSPS) is 10.1. The highest BCUT2D eigenvalue weighted by Gasteiger charge is 1.94. The fraction of sp³-hybridized carbons (Fsp3) is 0.222. The van der Waals surface area contributed by atoms with Crippen molar-refractivity contribution in [2.24, 2.45) is 5.73 Å². The first-order valence-electron chi connectivity index (χ1n) is 4.77. The monoisotopic (exact) mass is 293 g/mol. The molecule has 108 valence electrons. The first kappa shape index (κ1) is 17.1. The summed E-state index contributed by atoms with van der Waals surface area (Å²) in [4.78, 5) is 4.91. The van der Waals surface area contributed by atoms with Gasteiger partial charge in [-0.05, 0) is 17.7 Å². The summed E-state index contributed by atoms with van der Waals surface area (Å²) in [5.74, 6) is 0.590. The Hall–Kier alpha value is -1.88. The molecule has 9 nitrogen and oxygen atoms in total. The maximum Gasteiger partial charge on any atom is 0.394 e. The zero-order valence-electron chi connectivity index (χ0n) is 10.0. The van der Waals surface area contributed by atoms with E-state index in [0.29, 0.717) is 6.61 Å². The molecule has 0 fully saturated rings. The van der Waals surface area contributed by atoms with E-state index in [1.807, 2.05) is 24.3 Å². The van der Waals surface area contributed by atoms with Gasteiger partial charge in [-0.15, -0.1) is 0 Å². The predicted molar refractivity (Wildman–Crippen MR) is 67.0 cm³/mol. The summed E-state index contributed by atoms with van der Waals surface area (Å²) in [6.07, 6.45) is 0. The van der Waals surface area contributed by atoms with Crippen molar-refractivity contribution in [3.8, 4) is 5.75 Å². The summed E-state index contributed by atoms with van der Waals surface area (Å²) in [5, 5.41) is 6.85. The highest BCUT2D eigenvalue weighted by molar-refractivity contribution is 7.79. The summed E-state index contributed by atoms with van der Waals surface area (Å²) in [6, 6.07) is 7.43. The second-order valence-corrected chi connectivity index (χ2v) is 4.00. The third-order valence-electron chi connectivity index (χ3n) is 1.58. The van der Waals surface area contributed by atoms with Crippen molar-refractivity contribution in [3.63, 3.8) is 0 Å². The van der Waals surface area contributed by atoms with Crippen molar-refractivity contribution in [1.82, 2.24) is 5.48 Å². The maximum absolute atomic E-state index is 8.74. The van der Waals surface area contributed by atoms with Gasteiger partial charge in [-0.2, -0.15) is 8.42 Å². The minimum Gasteiger partial charge on any atom is -0.497 e. The van der Waals surface area contributed by atoms with Crippen LogP contribution in [0.25, 0.3) is 0 Å². The molecule has 0 radical (unpaired) electrons. The molecule has 0 amide bonds. The predicted octanol–water partition coefficient (Wildman–Crippen LogP) is -0.0429. The summed E-state index contributed by atoms with van der Waals surface area (Å²) in [6.45, 7) is 0.351. The lowest BCUT2D eigenvalue weighted by Gasteiger charge is -2.05. The number of hydrogen-bond acceptors (Lipinski definition) is 5. The van der Waals surface area contributed by atoms with Crippen LogP contribution in [0.2, 0.25) is 0 Å². The number of rotatable bonds is 4. The van der Waals surface area contributed by atoms with E-state index in [0.717, 1.165) is 11.3 Å². The Morgan fingerprint density at radius 2 is 1.84 bits per heavy atom. The van der Waals surface area contributed by atoms with E-state index in [1.54, 1.807) is 7.11 Å². The number of methoxy groups -OCH3 is 1. The van der Waals surface area contributed by atoms with Gasteiger partial charge < -0.3 is 10.5 Å². The molecule has 1 aromatic carbocycles. The highest BCUT2D eigenvalue weighted by Crippen LogP contribution is 2.11. The maximum atomic E-state index is 8.74. The van der Waals surface area contributed by atoms with Crippen LogP contribution in [0.4, 0.5) is 0 Å². The zero-order valence-corrected chi connectivity index (χ0v) is 10.8. The molecule has 0 aromatic heterocycles. The molecule has 0 saturated carbocycles. The minimum absolute atomic E-state index is 0.210. The van der Waals surface area contributed by atoms with Crippen molar-refractivity contribution >= 4 is 16.4 Å². The van der Waals surface area contributed by atoms with E-state index in [-0.39, 0.29) is 5.96 Å². The molecule has 1 aromatic rings. The zero-order chi connectivity index (χ0) is 14.9. The fourth-order valence-corrected chi connectivity index (χ4v) is 0.919. The molecule has 10 heteroatoms. The molecule has 0 saturated heterocycles. The molecule has 0 aliphatic carbocycles. The van der Waals surface area contributed by atoms with Gasteiger partial charge in [0, 0.05) is 0 Å². The van der Waals surface area contributed by atoms with Gasteiger partial charge in [-0.25, -0.2) is 5.48 Å². The Balaban J connectivity index is 0.000000555. The lowest BCUT2D eigenvalue weighted by Crippen LogP contribution is -2.30. The smallest absolute Gasteiger partial charge is 0.394 e. The fourth-order valence-electron chi connectivity index (χ4n) is 0.919. The summed E-state index contributed by atoms with van der Waals surface area (Å²) in [5.41, 5.74) is 8.25. The van der Waals surface area contributed by atoms with Gasteiger partial charge in [0.25, 0.3) is 0 Å². The third-order valence-corrected chi connectivity index (χ3v) is 1.58. The van der Waals surface area contributed by atoms with Crippen molar-refractivity contribution < 1.29 is 27.1 Å². The number of hydroxylamine groups is 1. The Bertz CT molecular complexity index is 479. The lowest BCUT2D eigenvalue weighted by molar-refractivity contribution is 0.0698. The summed E-state index contributed by atoms with van der Waals surface area (Å²) < 4.78 is 36.6. The highest BCUT2D eigenvalue weighted by atomic mass is 32.3. The standard InChI is InChI=1S/C9H13N3O2.H2O4S/c1-13-8-4-2-7(3-5-8)6-14-12-9(10)11;1-5(2,3)4/h2-5H,6H2,1H3,(H4,10,11,12);(H2,1,2,3,4). The van der Waals surface area contributed by atoms with Crippen LogP contribution >= 0.6 is 0 Å². The number of benzene rings is 1. The van der Waals surface area contributed by atoms with E-state index in [2.05, 4.69) is 5.48 Å². The van der Waals surface area contributed by atoms with Gasteiger partial charge in [0.05, 0.1) is 13.7 Å². The van der Waals surface area contributed by atoms with Crippen LogP contribution in [0, 0.1) is 5.41 Å². The first-order chi connectivity index (χ1) is 8.72. The Morgan fingerprint density at radius 1 is 1.37 bits per heavy atom. The number of ether oxygens (including phenoxy) is 1. The van der Waals surface area contributed by atoms with E-state index >= 15 is 0 Å². The van der Waals surface area contributed by atoms with E-state index < -0.39 is 10.4 Å². The number of nitrogens with one attached hydrogen (secondary N) is 2. The molecule has 19 heavy (non-hydrogen) atoms. The van der Waals surface area contributed by atoms with Gasteiger partial charge in [0.1, 0.15) is 5.75 Å². The quantitative estimate of drug-likeness (QED) is 0.224. The third kappa shape index (κ3) is 12.4. The van der Waals surface area contributed by atoms with Crippen LogP contribution in [0.1, 0.15) is 5.56 Å². The summed E-state index contributed by atoms with van der Waals surface area (Å²) >= 11 is 0. The van der Waals surface area contributed by atoms with Gasteiger partial charge in [0.15, 0.2) is 0 Å². The van der Waals surface area contributed by atoms with Crippen molar-refractivity contribution in [3.05, 3.63) is 29.8 Å². The molecule has 0 unspecified atom stereocenters. The van der Waals surface area contributed by atoms with Crippen LogP contribution in [-0.4, -0.2) is 30.6 Å². The van der Waals surface area contributed by atoms with Crippen molar-refractivity contribution in [2.45, 2.75) is 6.61 Å². The molecule has 0 heterocycles. The Morgan fingerprint density at radius 3 is 2.21 bits per heavy atom. The van der Waals surface area contributed by atoms with Crippen LogP contribution in [-0.2, 0) is 21.8 Å². The minimum atomic E-state index is -4.67. The van der Waals surface area contributed by atoms with E-state index in [1.165, 1.54) is 0 Å². The molecule has 0 aliphatic heterocycles. The van der Waals surface area contributed by atoms with Crippen LogP contribution in [0.15, 0.2) is 24.3 Å². The molecule has 0 aliphatic rings. The van der Waals surface area contributed by atoms with Gasteiger partial charge in [-0.1, -0.05) is 12.1 Å². The Kier molecular flexibility index (Phi) is 7.44. The van der Waals surface area contributed by atoms with E-state index in [9.17, 15) is 0 Å². The lowest BCUT2D eigenvalue weighted by atomic mass is 10.2. The Labute approximate surface area is 110 Å². The molecular weight excluding hydrogens is 278 g/mol. The van der Waals surface area contributed by atoms with Crippen molar-refractivity contribution in [2.75, 3.05) is 7.11 Å². The molecule has 1 rings (SSSR count). The molecular formula is C9H15N3O6S. The average molecular weight is 293 g/mol. The largest absolute Gasteiger partial charge is 0.497 e. The first-order valence-corrected chi connectivity index (χ1v) is 6.16.